The molecule has 0 bridgehead atoms. The Kier molecular flexibility index (Phi) is 3.90. The minimum absolute atomic E-state index is 0.246. The number of methoxy groups -OCH3 is 1. The van der Waals surface area contributed by atoms with Gasteiger partial charge in [0, 0.05) is 7.11 Å². The first-order valence-electron chi connectivity index (χ1n) is 4.63. The van der Waals surface area contributed by atoms with Crippen molar-refractivity contribution in [3.63, 3.8) is 0 Å². The second-order valence-electron chi connectivity index (χ2n) is 3.30. The molecule has 0 atom stereocenters. The van der Waals surface area contributed by atoms with Crippen molar-refractivity contribution in [2.45, 2.75) is 6.92 Å². The fraction of sp³-hybridized carbons (Fsp3) is 0.250. The van der Waals surface area contributed by atoms with Gasteiger partial charge in [0.25, 0.3) is 0 Å². The van der Waals surface area contributed by atoms with Gasteiger partial charge in [-0.15, -0.1) is 0 Å². The Bertz CT molecular complexity index is 399. The third-order valence-corrected chi connectivity index (χ3v) is 2.11. The molecule has 1 rings (SSSR count). The topological polar surface area (TPSA) is 59.0 Å². The lowest BCUT2D eigenvalue weighted by Gasteiger charge is -2.05. The SMILES string of the molecule is COC/C(C#N)=C(\N)c1ccc(C)cc1. The third kappa shape index (κ3) is 2.83. The van der Waals surface area contributed by atoms with E-state index in [2.05, 4.69) is 0 Å². The number of rotatable bonds is 3. The van der Waals surface area contributed by atoms with Gasteiger partial charge < -0.3 is 10.5 Å². The molecule has 0 aromatic heterocycles. The van der Waals surface area contributed by atoms with E-state index in [4.69, 9.17) is 15.7 Å². The van der Waals surface area contributed by atoms with Crippen LogP contribution in [0.4, 0.5) is 0 Å². The summed E-state index contributed by atoms with van der Waals surface area (Å²) in [6, 6.07) is 9.77. The summed E-state index contributed by atoms with van der Waals surface area (Å²) in [6.07, 6.45) is 0. The number of nitriles is 1. The molecule has 15 heavy (non-hydrogen) atoms. The predicted octanol–water partition coefficient (Wildman–Crippen LogP) is 1.83. The van der Waals surface area contributed by atoms with Gasteiger partial charge in [-0.2, -0.15) is 5.26 Å². The second-order valence-corrected chi connectivity index (χ2v) is 3.30. The van der Waals surface area contributed by atoms with Gasteiger partial charge in [-0.25, -0.2) is 0 Å². The van der Waals surface area contributed by atoms with Gasteiger partial charge in [0.2, 0.25) is 0 Å². The molecule has 0 radical (unpaired) electrons. The minimum atomic E-state index is 0.246. The Morgan fingerprint density at radius 1 is 1.40 bits per heavy atom. The Hall–Kier alpha value is -1.79. The monoisotopic (exact) mass is 202 g/mol. The van der Waals surface area contributed by atoms with Crippen molar-refractivity contribution in [3.05, 3.63) is 41.0 Å². The van der Waals surface area contributed by atoms with Crippen LogP contribution < -0.4 is 5.73 Å². The van der Waals surface area contributed by atoms with Crippen molar-refractivity contribution in [1.82, 2.24) is 0 Å². The zero-order valence-corrected chi connectivity index (χ0v) is 8.95. The van der Waals surface area contributed by atoms with Gasteiger partial charge in [-0.05, 0) is 12.5 Å². The molecule has 2 N–H and O–H groups in total. The highest BCUT2D eigenvalue weighted by Gasteiger charge is 2.04. The van der Waals surface area contributed by atoms with Gasteiger partial charge in [0.05, 0.1) is 23.9 Å². The first-order chi connectivity index (χ1) is 7.19. The van der Waals surface area contributed by atoms with E-state index in [9.17, 15) is 0 Å². The molecule has 0 spiro atoms. The zero-order chi connectivity index (χ0) is 11.3. The molecule has 0 amide bonds. The minimum Gasteiger partial charge on any atom is -0.397 e. The summed E-state index contributed by atoms with van der Waals surface area (Å²) in [4.78, 5) is 0. The van der Waals surface area contributed by atoms with E-state index in [1.807, 2.05) is 37.3 Å². The summed E-state index contributed by atoms with van der Waals surface area (Å²) in [5, 5.41) is 8.88. The van der Waals surface area contributed by atoms with Crippen LogP contribution in [0, 0.1) is 18.3 Å². The summed E-state index contributed by atoms with van der Waals surface area (Å²) < 4.78 is 4.90. The molecule has 0 heterocycles. The van der Waals surface area contributed by atoms with E-state index in [-0.39, 0.29) is 6.61 Å². The van der Waals surface area contributed by atoms with Gasteiger partial charge in [-0.1, -0.05) is 29.8 Å². The fourth-order valence-corrected chi connectivity index (χ4v) is 1.22. The fourth-order valence-electron chi connectivity index (χ4n) is 1.22. The van der Waals surface area contributed by atoms with Crippen molar-refractivity contribution in [3.8, 4) is 6.07 Å². The van der Waals surface area contributed by atoms with E-state index < -0.39 is 0 Å². The molecule has 3 nitrogen and oxygen atoms in total. The molecule has 0 fully saturated rings. The lowest BCUT2D eigenvalue weighted by atomic mass is 10.1. The number of nitrogens with zero attached hydrogens (tertiary/aromatic N) is 1. The van der Waals surface area contributed by atoms with Crippen LogP contribution in [-0.2, 0) is 4.74 Å². The highest BCUT2D eigenvalue weighted by molar-refractivity contribution is 5.69. The van der Waals surface area contributed by atoms with Crippen LogP contribution in [0.5, 0.6) is 0 Å². The first kappa shape index (κ1) is 11.3. The van der Waals surface area contributed by atoms with Crippen LogP contribution in [0.2, 0.25) is 0 Å². The molecule has 1 aromatic carbocycles. The van der Waals surface area contributed by atoms with E-state index in [0.717, 1.165) is 11.1 Å². The molecule has 78 valence electrons. The van der Waals surface area contributed by atoms with Gasteiger partial charge in [-0.3, -0.25) is 0 Å². The maximum Gasteiger partial charge on any atom is 0.0993 e. The van der Waals surface area contributed by atoms with Crippen LogP contribution in [0.1, 0.15) is 11.1 Å². The third-order valence-electron chi connectivity index (χ3n) is 2.11. The van der Waals surface area contributed by atoms with Crippen molar-refractivity contribution >= 4 is 5.70 Å². The summed E-state index contributed by atoms with van der Waals surface area (Å²) in [6.45, 7) is 2.25. The highest BCUT2D eigenvalue weighted by Crippen LogP contribution is 2.14. The maximum absolute atomic E-state index is 8.88. The van der Waals surface area contributed by atoms with Crippen molar-refractivity contribution in [1.29, 1.82) is 5.26 Å². The first-order valence-corrected chi connectivity index (χ1v) is 4.63. The summed E-state index contributed by atoms with van der Waals surface area (Å²) in [5.74, 6) is 0. The number of nitrogens with two attached hydrogens (primary N) is 1. The molecule has 3 heteroatoms. The normalized spacial score (nSPS) is 11.8. The standard InChI is InChI=1S/C12H14N2O/c1-9-3-5-10(6-4-9)12(14)11(7-13)8-15-2/h3-6H,8,14H2,1-2H3/b12-11-. The lowest BCUT2D eigenvalue weighted by molar-refractivity contribution is 0.229. The summed E-state index contributed by atoms with van der Waals surface area (Å²) in [5.41, 5.74) is 8.83. The van der Waals surface area contributed by atoms with E-state index >= 15 is 0 Å². The molecule has 0 aliphatic rings. The molecule has 0 unspecified atom stereocenters. The van der Waals surface area contributed by atoms with Crippen LogP contribution >= 0.6 is 0 Å². The summed E-state index contributed by atoms with van der Waals surface area (Å²) >= 11 is 0. The highest BCUT2D eigenvalue weighted by atomic mass is 16.5. The van der Waals surface area contributed by atoms with Gasteiger partial charge in [0.15, 0.2) is 0 Å². The predicted molar refractivity (Wildman–Crippen MR) is 59.8 cm³/mol. The molecule has 0 saturated heterocycles. The Morgan fingerprint density at radius 3 is 2.47 bits per heavy atom. The van der Waals surface area contributed by atoms with E-state index in [1.165, 1.54) is 0 Å². The number of hydrogen-bond acceptors (Lipinski definition) is 3. The van der Waals surface area contributed by atoms with Crippen molar-refractivity contribution < 1.29 is 4.74 Å². The maximum atomic E-state index is 8.88. The molecule has 1 aromatic rings. The number of aryl methyl sites for hydroxylation is 1. The lowest BCUT2D eigenvalue weighted by Crippen LogP contribution is -2.04. The van der Waals surface area contributed by atoms with E-state index in [0.29, 0.717) is 11.3 Å². The molecule has 0 saturated carbocycles. The summed E-state index contributed by atoms with van der Waals surface area (Å²) in [7, 11) is 1.54. The number of ether oxygens (including phenoxy) is 1. The average molecular weight is 202 g/mol. The Morgan fingerprint density at radius 2 is 2.00 bits per heavy atom. The van der Waals surface area contributed by atoms with Gasteiger partial charge >= 0.3 is 0 Å². The quantitative estimate of drug-likeness (QED) is 0.761. The van der Waals surface area contributed by atoms with Crippen LogP contribution in [0.15, 0.2) is 29.8 Å². The van der Waals surface area contributed by atoms with Crippen molar-refractivity contribution in [2.24, 2.45) is 5.73 Å². The van der Waals surface area contributed by atoms with Crippen LogP contribution in [-0.4, -0.2) is 13.7 Å². The zero-order valence-electron chi connectivity index (χ0n) is 8.95. The smallest absolute Gasteiger partial charge is 0.0993 e. The van der Waals surface area contributed by atoms with E-state index in [1.54, 1.807) is 7.11 Å². The number of benzene rings is 1. The second kappa shape index (κ2) is 5.18. The largest absolute Gasteiger partial charge is 0.397 e. The number of hydrogen-bond donors (Lipinski definition) is 1. The molecule has 0 aliphatic carbocycles. The molecule has 0 aliphatic heterocycles. The van der Waals surface area contributed by atoms with Crippen LogP contribution in [0.25, 0.3) is 5.70 Å². The van der Waals surface area contributed by atoms with Gasteiger partial charge in [0.1, 0.15) is 0 Å². The Labute approximate surface area is 89.8 Å². The Balaban J connectivity index is 3.06. The molecular weight excluding hydrogens is 188 g/mol. The van der Waals surface area contributed by atoms with Crippen molar-refractivity contribution in [2.75, 3.05) is 13.7 Å². The molecular formula is C12H14N2O. The van der Waals surface area contributed by atoms with Crippen LogP contribution in [0.3, 0.4) is 0 Å². The average Bonchev–Trinajstić information content (AvgIpc) is 2.26.